The van der Waals surface area contributed by atoms with Gasteiger partial charge in [0, 0.05) is 34.6 Å². The number of hydrogen-bond donors (Lipinski definition) is 4. The molecule has 0 bridgehead atoms. The predicted molar refractivity (Wildman–Crippen MR) is 107 cm³/mol. The summed E-state index contributed by atoms with van der Waals surface area (Å²) >= 11 is 0. The van der Waals surface area contributed by atoms with E-state index in [9.17, 15) is 9.59 Å². The summed E-state index contributed by atoms with van der Waals surface area (Å²) in [4.78, 5) is 25.0. The summed E-state index contributed by atoms with van der Waals surface area (Å²) in [5, 5.41) is 6.21. The summed E-state index contributed by atoms with van der Waals surface area (Å²) in [5.74, 6) is -0.0936. The second kappa shape index (κ2) is 8.12. The molecule has 0 aromatic heterocycles. The Morgan fingerprint density at radius 3 is 1.52 bits per heavy atom. The highest BCUT2D eigenvalue weighted by molar-refractivity contribution is 5.95. The molecule has 27 heavy (non-hydrogen) atoms. The van der Waals surface area contributed by atoms with Crippen molar-refractivity contribution in [3.63, 3.8) is 0 Å². The lowest BCUT2D eigenvalue weighted by Crippen LogP contribution is -2.52. The number of nitrogens with one attached hydrogen (secondary N) is 2. The van der Waals surface area contributed by atoms with Crippen LogP contribution in [0.15, 0.2) is 48.5 Å². The van der Waals surface area contributed by atoms with Crippen molar-refractivity contribution in [2.75, 3.05) is 11.5 Å². The van der Waals surface area contributed by atoms with E-state index in [1.165, 1.54) is 0 Å². The first-order valence-corrected chi connectivity index (χ1v) is 9.27. The highest BCUT2D eigenvalue weighted by atomic mass is 16.2. The van der Waals surface area contributed by atoms with E-state index in [4.69, 9.17) is 11.5 Å². The lowest BCUT2D eigenvalue weighted by molar-refractivity contribution is 0.0859. The largest absolute Gasteiger partial charge is 0.399 e. The molecule has 0 radical (unpaired) electrons. The van der Waals surface area contributed by atoms with E-state index in [1.54, 1.807) is 48.5 Å². The fourth-order valence-electron chi connectivity index (χ4n) is 3.54. The summed E-state index contributed by atoms with van der Waals surface area (Å²) < 4.78 is 0. The molecule has 1 fully saturated rings. The quantitative estimate of drug-likeness (QED) is 0.623. The summed E-state index contributed by atoms with van der Waals surface area (Å²) in [7, 11) is 0. The molecule has 0 heterocycles. The van der Waals surface area contributed by atoms with Crippen molar-refractivity contribution in [1.82, 2.24) is 10.6 Å². The van der Waals surface area contributed by atoms with Crippen molar-refractivity contribution in [2.24, 2.45) is 5.92 Å². The van der Waals surface area contributed by atoms with Gasteiger partial charge in [-0.1, -0.05) is 6.92 Å². The molecular formula is C21H26N4O2. The van der Waals surface area contributed by atoms with Gasteiger partial charge in [0.05, 0.1) is 0 Å². The Labute approximate surface area is 159 Å². The average Bonchev–Trinajstić information content (AvgIpc) is 2.66. The number of carbonyl (C=O) groups excluding carboxylic acids is 2. The van der Waals surface area contributed by atoms with Gasteiger partial charge in [0.2, 0.25) is 0 Å². The number of amides is 2. The smallest absolute Gasteiger partial charge is 0.251 e. The highest BCUT2D eigenvalue weighted by Gasteiger charge is 2.32. The summed E-state index contributed by atoms with van der Waals surface area (Å²) in [6.45, 7) is 2.07. The van der Waals surface area contributed by atoms with Gasteiger partial charge in [-0.15, -0.1) is 0 Å². The molecule has 1 saturated carbocycles. The van der Waals surface area contributed by atoms with Crippen LogP contribution in [-0.2, 0) is 0 Å². The predicted octanol–water partition coefficient (Wildman–Crippen LogP) is 2.57. The topological polar surface area (TPSA) is 110 Å². The number of carbonyl (C=O) groups is 2. The highest BCUT2D eigenvalue weighted by Crippen LogP contribution is 2.25. The second-order valence-corrected chi connectivity index (χ2v) is 7.19. The van der Waals surface area contributed by atoms with Crippen LogP contribution in [-0.4, -0.2) is 23.9 Å². The first-order chi connectivity index (χ1) is 12.9. The standard InChI is InChI=1S/C21H26N4O2/c1-13-18(24-20(26)14-5-9-16(22)10-6-14)3-2-4-19(13)25-21(27)15-7-11-17(23)12-8-15/h5-13,18-19H,2-4,22-23H2,1H3,(H,24,26)(H,25,27). The molecule has 2 unspecified atom stereocenters. The van der Waals surface area contributed by atoms with Crippen LogP contribution in [0.3, 0.4) is 0 Å². The number of rotatable bonds is 4. The van der Waals surface area contributed by atoms with Gasteiger partial charge in [0.15, 0.2) is 0 Å². The average molecular weight is 366 g/mol. The van der Waals surface area contributed by atoms with Crippen molar-refractivity contribution < 1.29 is 9.59 Å². The minimum atomic E-state index is -0.114. The van der Waals surface area contributed by atoms with Gasteiger partial charge in [0.25, 0.3) is 11.8 Å². The zero-order valence-electron chi connectivity index (χ0n) is 15.4. The first kappa shape index (κ1) is 18.8. The Kier molecular flexibility index (Phi) is 5.64. The Bertz CT molecular complexity index is 734. The molecule has 6 heteroatoms. The molecule has 2 atom stereocenters. The molecule has 2 aromatic carbocycles. The maximum atomic E-state index is 12.5. The Morgan fingerprint density at radius 1 is 0.778 bits per heavy atom. The Morgan fingerprint density at radius 2 is 1.15 bits per heavy atom. The number of hydrogen-bond acceptors (Lipinski definition) is 4. The van der Waals surface area contributed by atoms with Gasteiger partial charge in [-0.3, -0.25) is 9.59 Å². The molecule has 6 N–H and O–H groups in total. The number of anilines is 2. The normalized spacial score (nSPS) is 22.0. The Hall–Kier alpha value is -3.02. The van der Waals surface area contributed by atoms with Gasteiger partial charge in [-0.05, 0) is 73.7 Å². The summed E-state index contributed by atoms with van der Waals surface area (Å²) in [6, 6.07) is 13.8. The number of nitrogens with two attached hydrogens (primary N) is 2. The molecule has 2 amide bonds. The van der Waals surface area contributed by atoms with E-state index in [0.29, 0.717) is 22.5 Å². The van der Waals surface area contributed by atoms with Crippen molar-refractivity contribution in [2.45, 2.75) is 38.3 Å². The van der Waals surface area contributed by atoms with Gasteiger partial charge < -0.3 is 22.1 Å². The van der Waals surface area contributed by atoms with E-state index in [2.05, 4.69) is 17.6 Å². The molecular weight excluding hydrogens is 340 g/mol. The molecule has 2 aromatic rings. The first-order valence-electron chi connectivity index (χ1n) is 9.27. The van der Waals surface area contributed by atoms with Crippen molar-refractivity contribution in [3.8, 4) is 0 Å². The van der Waals surface area contributed by atoms with Gasteiger partial charge in [-0.2, -0.15) is 0 Å². The third-order valence-corrected chi connectivity index (χ3v) is 5.28. The van der Waals surface area contributed by atoms with Crippen molar-refractivity contribution in [3.05, 3.63) is 59.7 Å². The third kappa shape index (κ3) is 4.58. The lowest BCUT2D eigenvalue weighted by Gasteiger charge is -2.37. The van der Waals surface area contributed by atoms with Crippen LogP contribution in [0.25, 0.3) is 0 Å². The third-order valence-electron chi connectivity index (χ3n) is 5.28. The molecule has 0 spiro atoms. The van der Waals surface area contributed by atoms with Crippen LogP contribution in [0.2, 0.25) is 0 Å². The van der Waals surface area contributed by atoms with E-state index in [0.717, 1.165) is 19.3 Å². The van der Waals surface area contributed by atoms with E-state index >= 15 is 0 Å². The van der Waals surface area contributed by atoms with Crippen LogP contribution in [0.1, 0.15) is 46.9 Å². The number of nitrogen functional groups attached to an aromatic ring is 2. The Balaban J connectivity index is 1.62. The van der Waals surface area contributed by atoms with Crippen LogP contribution >= 0.6 is 0 Å². The lowest BCUT2D eigenvalue weighted by atomic mass is 9.81. The van der Waals surface area contributed by atoms with Crippen LogP contribution in [0.4, 0.5) is 11.4 Å². The molecule has 142 valence electrons. The van der Waals surface area contributed by atoms with Gasteiger partial charge in [0.1, 0.15) is 0 Å². The minimum Gasteiger partial charge on any atom is -0.399 e. The molecule has 3 rings (SSSR count). The van der Waals surface area contributed by atoms with Gasteiger partial charge in [-0.25, -0.2) is 0 Å². The monoisotopic (exact) mass is 366 g/mol. The molecule has 1 aliphatic rings. The van der Waals surface area contributed by atoms with E-state index in [-0.39, 0.29) is 29.8 Å². The fourth-order valence-corrected chi connectivity index (χ4v) is 3.54. The minimum absolute atomic E-state index is 0.0144. The van der Waals surface area contributed by atoms with Crippen LogP contribution in [0.5, 0.6) is 0 Å². The number of benzene rings is 2. The summed E-state index contributed by atoms with van der Waals surface area (Å²) in [6.07, 6.45) is 2.75. The van der Waals surface area contributed by atoms with E-state index < -0.39 is 0 Å². The SMILES string of the molecule is CC1C(NC(=O)c2ccc(N)cc2)CCCC1NC(=O)c1ccc(N)cc1. The molecule has 1 aliphatic carbocycles. The molecule has 0 aliphatic heterocycles. The van der Waals surface area contributed by atoms with Crippen molar-refractivity contribution >= 4 is 23.2 Å². The van der Waals surface area contributed by atoms with E-state index in [1.807, 2.05) is 0 Å². The molecule has 6 nitrogen and oxygen atoms in total. The zero-order valence-corrected chi connectivity index (χ0v) is 15.4. The maximum absolute atomic E-state index is 12.5. The zero-order chi connectivity index (χ0) is 19.4. The van der Waals surface area contributed by atoms with Crippen LogP contribution in [0, 0.1) is 5.92 Å². The molecule has 0 saturated heterocycles. The summed E-state index contributed by atoms with van der Waals surface area (Å²) in [5.41, 5.74) is 13.8. The maximum Gasteiger partial charge on any atom is 0.251 e. The van der Waals surface area contributed by atoms with Gasteiger partial charge >= 0.3 is 0 Å². The fraction of sp³-hybridized carbons (Fsp3) is 0.333. The van der Waals surface area contributed by atoms with Crippen LogP contribution < -0.4 is 22.1 Å². The van der Waals surface area contributed by atoms with Crippen molar-refractivity contribution in [1.29, 1.82) is 0 Å². The second-order valence-electron chi connectivity index (χ2n) is 7.19.